The van der Waals surface area contributed by atoms with Gasteiger partial charge in [0.25, 0.3) is 0 Å². The van der Waals surface area contributed by atoms with Crippen molar-refractivity contribution in [1.82, 2.24) is 9.29 Å². The molecular formula is C13H18N2O4S. The van der Waals surface area contributed by atoms with Crippen molar-refractivity contribution in [3.05, 3.63) is 30.1 Å². The van der Waals surface area contributed by atoms with Crippen molar-refractivity contribution in [1.29, 1.82) is 0 Å². The number of nitrogens with zero attached hydrogens (tertiary/aromatic N) is 2. The van der Waals surface area contributed by atoms with E-state index in [1.165, 1.54) is 4.31 Å². The average Bonchev–Trinajstić information content (AvgIpc) is 2.46. The van der Waals surface area contributed by atoms with E-state index in [0.29, 0.717) is 32.4 Å². The second-order valence-electron chi connectivity index (χ2n) is 4.93. The van der Waals surface area contributed by atoms with Crippen molar-refractivity contribution in [2.75, 3.05) is 18.8 Å². The fourth-order valence-corrected chi connectivity index (χ4v) is 3.83. The number of aromatic nitrogens is 1. The van der Waals surface area contributed by atoms with Crippen LogP contribution in [0.3, 0.4) is 0 Å². The summed E-state index contributed by atoms with van der Waals surface area (Å²) >= 11 is 0. The van der Waals surface area contributed by atoms with Gasteiger partial charge in [0.15, 0.2) is 0 Å². The molecule has 1 fully saturated rings. The minimum Gasteiger partial charge on any atom is -0.481 e. The van der Waals surface area contributed by atoms with Gasteiger partial charge >= 0.3 is 5.97 Å². The lowest BCUT2D eigenvalue weighted by molar-refractivity contribution is -0.142. The monoisotopic (exact) mass is 298 g/mol. The van der Waals surface area contributed by atoms with Crippen LogP contribution in [0.4, 0.5) is 0 Å². The standard InChI is InChI=1S/C13H18N2O4S/c16-13(17)12-3-8-15(9-4-12)20(18,19)10-5-11-1-6-14-7-2-11/h1-2,6-7,12H,3-5,8-10H2,(H,16,17). The highest BCUT2D eigenvalue weighted by molar-refractivity contribution is 7.89. The fraction of sp³-hybridized carbons (Fsp3) is 0.538. The van der Waals surface area contributed by atoms with Gasteiger partial charge in [-0.15, -0.1) is 0 Å². The van der Waals surface area contributed by atoms with Gasteiger partial charge in [-0.3, -0.25) is 9.78 Å². The molecule has 110 valence electrons. The third kappa shape index (κ3) is 3.77. The Bertz CT molecular complexity index is 551. The van der Waals surface area contributed by atoms with Gasteiger partial charge in [0.05, 0.1) is 11.7 Å². The van der Waals surface area contributed by atoms with Gasteiger partial charge in [0, 0.05) is 25.5 Å². The number of carboxylic acids is 1. The Morgan fingerprint density at radius 3 is 2.45 bits per heavy atom. The Morgan fingerprint density at radius 2 is 1.90 bits per heavy atom. The molecule has 0 saturated carbocycles. The van der Waals surface area contributed by atoms with E-state index in [2.05, 4.69) is 4.98 Å². The van der Waals surface area contributed by atoms with Gasteiger partial charge in [-0.2, -0.15) is 0 Å². The summed E-state index contributed by atoms with van der Waals surface area (Å²) < 4.78 is 25.8. The van der Waals surface area contributed by atoms with Crippen LogP contribution in [0.2, 0.25) is 0 Å². The number of carbonyl (C=O) groups is 1. The predicted molar refractivity (Wildman–Crippen MR) is 73.7 cm³/mol. The molecule has 0 aromatic carbocycles. The number of rotatable bonds is 5. The van der Waals surface area contributed by atoms with Crippen LogP contribution in [0.1, 0.15) is 18.4 Å². The minimum atomic E-state index is -3.31. The molecule has 1 N–H and O–H groups in total. The third-order valence-corrected chi connectivity index (χ3v) is 5.47. The average molecular weight is 298 g/mol. The van der Waals surface area contributed by atoms with Crippen molar-refractivity contribution in [2.24, 2.45) is 5.92 Å². The van der Waals surface area contributed by atoms with Crippen LogP contribution in [0.25, 0.3) is 0 Å². The molecule has 1 aromatic rings. The smallest absolute Gasteiger partial charge is 0.306 e. The second-order valence-corrected chi connectivity index (χ2v) is 7.02. The Morgan fingerprint density at radius 1 is 1.30 bits per heavy atom. The van der Waals surface area contributed by atoms with Crippen LogP contribution in [0.5, 0.6) is 0 Å². The molecule has 0 bridgehead atoms. The van der Waals surface area contributed by atoms with Crippen LogP contribution in [-0.2, 0) is 21.2 Å². The Kier molecular flexibility index (Phi) is 4.72. The lowest BCUT2D eigenvalue weighted by Gasteiger charge is -2.29. The number of pyridine rings is 1. The molecule has 0 aliphatic carbocycles. The zero-order valence-electron chi connectivity index (χ0n) is 11.1. The molecule has 7 heteroatoms. The van der Waals surface area contributed by atoms with E-state index < -0.39 is 21.9 Å². The lowest BCUT2D eigenvalue weighted by atomic mass is 9.99. The Balaban J connectivity index is 1.90. The zero-order chi connectivity index (χ0) is 14.6. The van der Waals surface area contributed by atoms with Crippen molar-refractivity contribution in [2.45, 2.75) is 19.3 Å². The number of aliphatic carboxylic acids is 1. The molecule has 20 heavy (non-hydrogen) atoms. The quantitative estimate of drug-likeness (QED) is 0.866. The highest BCUT2D eigenvalue weighted by Gasteiger charge is 2.30. The summed E-state index contributed by atoms with van der Waals surface area (Å²) in [4.78, 5) is 14.7. The van der Waals surface area contributed by atoms with E-state index in [0.717, 1.165) is 5.56 Å². The molecule has 6 nitrogen and oxygen atoms in total. The number of hydrogen-bond acceptors (Lipinski definition) is 4. The van der Waals surface area contributed by atoms with E-state index >= 15 is 0 Å². The SMILES string of the molecule is O=C(O)C1CCN(S(=O)(=O)CCc2ccncc2)CC1. The Labute approximate surface area is 118 Å². The van der Waals surface area contributed by atoms with Crippen LogP contribution in [0.15, 0.2) is 24.5 Å². The predicted octanol–water partition coefficient (Wildman–Crippen LogP) is 0.750. The van der Waals surface area contributed by atoms with E-state index in [9.17, 15) is 13.2 Å². The maximum absolute atomic E-state index is 12.2. The first kappa shape index (κ1) is 14.9. The van der Waals surface area contributed by atoms with Crippen molar-refractivity contribution in [3.8, 4) is 0 Å². The van der Waals surface area contributed by atoms with Gasteiger partial charge < -0.3 is 5.11 Å². The molecule has 0 unspecified atom stereocenters. The lowest BCUT2D eigenvalue weighted by Crippen LogP contribution is -2.41. The molecule has 1 aromatic heterocycles. The summed E-state index contributed by atoms with van der Waals surface area (Å²) in [6.45, 7) is 0.602. The molecule has 2 rings (SSSR count). The summed E-state index contributed by atoms with van der Waals surface area (Å²) in [7, 11) is -3.31. The maximum Gasteiger partial charge on any atom is 0.306 e. The summed E-state index contributed by atoms with van der Waals surface area (Å²) in [6.07, 6.45) is 4.51. The summed E-state index contributed by atoms with van der Waals surface area (Å²) in [6, 6.07) is 3.60. The highest BCUT2D eigenvalue weighted by atomic mass is 32.2. The molecule has 0 radical (unpaired) electrons. The van der Waals surface area contributed by atoms with Gasteiger partial charge in [0.2, 0.25) is 10.0 Å². The van der Waals surface area contributed by atoms with E-state index in [1.54, 1.807) is 24.5 Å². The molecule has 1 aliphatic heterocycles. The molecule has 2 heterocycles. The molecular weight excluding hydrogens is 280 g/mol. The normalized spacial score (nSPS) is 18.0. The molecule has 1 aliphatic rings. The largest absolute Gasteiger partial charge is 0.481 e. The van der Waals surface area contributed by atoms with Crippen molar-refractivity contribution < 1.29 is 18.3 Å². The first-order valence-electron chi connectivity index (χ1n) is 6.58. The van der Waals surface area contributed by atoms with Crippen LogP contribution >= 0.6 is 0 Å². The molecule has 1 saturated heterocycles. The van der Waals surface area contributed by atoms with Crippen LogP contribution < -0.4 is 0 Å². The van der Waals surface area contributed by atoms with Crippen molar-refractivity contribution >= 4 is 16.0 Å². The third-order valence-electron chi connectivity index (χ3n) is 3.59. The van der Waals surface area contributed by atoms with Gasteiger partial charge in [-0.05, 0) is 37.0 Å². The van der Waals surface area contributed by atoms with Crippen LogP contribution in [-0.4, -0.2) is 47.6 Å². The number of sulfonamides is 1. The molecule has 0 amide bonds. The summed E-state index contributed by atoms with van der Waals surface area (Å²) in [5, 5.41) is 8.91. The first-order valence-corrected chi connectivity index (χ1v) is 8.19. The zero-order valence-corrected chi connectivity index (χ0v) is 11.9. The summed E-state index contributed by atoms with van der Waals surface area (Å²) in [5.74, 6) is -1.20. The fourth-order valence-electron chi connectivity index (χ4n) is 2.31. The van der Waals surface area contributed by atoms with Gasteiger partial charge in [-0.25, -0.2) is 12.7 Å². The summed E-state index contributed by atoms with van der Waals surface area (Å²) in [5.41, 5.74) is 0.934. The van der Waals surface area contributed by atoms with Crippen molar-refractivity contribution in [3.63, 3.8) is 0 Å². The number of piperidine rings is 1. The molecule has 0 spiro atoms. The minimum absolute atomic E-state index is 0.0503. The highest BCUT2D eigenvalue weighted by Crippen LogP contribution is 2.20. The van der Waals surface area contributed by atoms with E-state index in [-0.39, 0.29) is 5.75 Å². The van der Waals surface area contributed by atoms with Crippen LogP contribution in [0, 0.1) is 5.92 Å². The van der Waals surface area contributed by atoms with E-state index in [1.807, 2.05) is 0 Å². The van der Waals surface area contributed by atoms with Gasteiger partial charge in [-0.1, -0.05) is 0 Å². The number of hydrogen-bond donors (Lipinski definition) is 1. The van der Waals surface area contributed by atoms with Gasteiger partial charge in [0.1, 0.15) is 0 Å². The maximum atomic E-state index is 12.2. The van der Waals surface area contributed by atoms with E-state index in [4.69, 9.17) is 5.11 Å². The molecule has 0 atom stereocenters. The Hall–Kier alpha value is -1.47. The number of carboxylic acid groups (broad SMARTS) is 1. The number of aryl methyl sites for hydroxylation is 1. The second kappa shape index (κ2) is 6.32. The topological polar surface area (TPSA) is 87.6 Å². The first-order chi connectivity index (χ1) is 9.49.